The third kappa shape index (κ3) is 6.06. The van der Waals surface area contributed by atoms with Crippen LogP contribution in [0.3, 0.4) is 0 Å². The minimum absolute atomic E-state index is 0.0387. The van der Waals surface area contributed by atoms with E-state index in [1.807, 2.05) is 19.9 Å². The molecule has 0 saturated heterocycles. The maximum atomic E-state index is 14.2. The van der Waals surface area contributed by atoms with Crippen molar-refractivity contribution in [2.75, 3.05) is 0 Å². The first-order valence-corrected chi connectivity index (χ1v) is 18.4. The SMILES string of the molecule is CC(=O)O[C@@H]1CC2=CC=C3[C@@H]4CC[C@H]([C@H](C)C(CC(O)C(C)C)S(=O)(=O)c5ccccc5)[C@@]4(C)CC[C@@H]3[C@@]2(C)[C@@H](OC(C)=O)C1. The molecule has 0 aliphatic heterocycles. The summed E-state index contributed by atoms with van der Waals surface area (Å²) in [5.41, 5.74) is 2.07. The number of esters is 2. The fourth-order valence-electron chi connectivity index (χ4n) is 9.78. The fourth-order valence-corrected chi connectivity index (χ4v) is 11.9. The van der Waals surface area contributed by atoms with Gasteiger partial charge in [0.15, 0.2) is 9.84 Å². The molecule has 45 heavy (non-hydrogen) atoms. The van der Waals surface area contributed by atoms with Gasteiger partial charge in [0.1, 0.15) is 12.2 Å². The summed E-state index contributed by atoms with van der Waals surface area (Å²) in [5.74, 6) is -0.182. The Labute approximate surface area is 269 Å². The summed E-state index contributed by atoms with van der Waals surface area (Å²) in [6, 6.07) is 8.71. The van der Waals surface area contributed by atoms with Crippen molar-refractivity contribution in [3.05, 3.63) is 53.6 Å². The number of rotatable bonds is 9. The average molecular weight is 641 g/mol. The second kappa shape index (κ2) is 12.6. The molecule has 10 atom stereocenters. The molecule has 4 aliphatic rings. The summed E-state index contributed by atoms with van der Waals surface area (Å²) < 4.78 is 40.0. The highest BCUT2D eigenvalue weighted by Crippen LogP contribution is 2.66. The van der Waals surface area contributed by atoms with Crippen molar-refractivity contribution >= 4 is 21.8 Å². The minimum Gasteiger partial charge on any atom is -0.462 e. The number of carbonyl (C=O) groups is 2. The van der Waals surface area contributed by atoms with E-state index >= 15 is 0 Å². The van der Waals surface area contributed by atoms with Gasteiger partial charge in [-0.2, -0.15) is 0 Å². The van der Waals surface area contributed by atoms with Gasteiger partial charge in [0, 0.05) is 32.1 Å². The highest BCUT2D eigenvalue weighted by molar-refractivity contribution is 7.92. The Morgan fingerprint density at radius 3 is 2.24 bits per heavy atom. The summed E-state index contributed by atoms with van der Waals surface area (Å²) in [6.45, 7) is 13.4. The monoisotopic (exact) mass is 640 g/mol. The standard InChI is InChI=1S/C37H52O7S/c1-22(2)33(40)21-34(45(41,42)28-11-9-8-10-12-28)23(3)30-15-16-31-29-14-13-26-19-27(43-24(4)38)20-35(44-25(5)39)37(26,7)32(29)17-18-36(30,31)6/h8-14,22-23,27,30-35,40H,15-21H2,1-7H3/t23-,27+,30+,31-,32-,33?,34?,35-,36+,37-/m0/s1. The van der Waals surface area contributed by atoms with Crippen LogP contribution >= 0.6 is 0 Å². The normalized spacial score (nSPS) is 34.7. The summed E-state index contributed by atoms with van der Waals surface area (Å²) in [7, 11) is -3.68. The van der Waals surface area contributed by atoms with E-state index in [0.29, 0.717) is 17.7 Å². The van der Waals surface area contributed by atoms with Gasteiger partial charge in [-0.3, -0.25) is 9.59 Å². The number of aliphatic hydroxyl groups excluding tert-OH is 1. The van der Waals surface area contributed by atoms with Gasteiger partial charge in [-0.15, -0.1) is 0 Å². The van der Waals surface area contributed by atoms with Gasteiger partial charge < -0.3 is 14.6 Å². The second-order valence-corrected chi connectivity index (χ2v) is 17.2. The van der Waals surface area contributed by atoms with Gasteiger partial charge in [-0.25, -0.2) is 8.42 Å². The highest BCUT2D eigenvalue weighted by atomic mass is 32.2. The third-order valence-electron chi connectivity index (χ3n) is 12.2. The zero-order chi connectivity index (χ0) is 32.9. The maximum Gasteiger partial charge on any atom is 0.302 e. The minimum atomic E-state index is -3.68. The van der Waals surface area contributed by atoms with Crippen LogP contribution in [-0.2, 0) is 28.9 Å². The van der Waals surface area contributed by atoms with E-state index in [1.54, 1.807) is 24.3 Å². The van der Waals surface area contributed by atoms with Gasteiger partial charge in [0.05, 0.1) is 16.2 Å². The van der Waals surface area contributed by atoms with E-state index in [4.69, 9.17) is 9.47 Å². The molecule has 4 aliphatic carbocycles. The highest BCUT2D eigenvalue weighted by Gasteiger charge is 2.61. The number of fused-ring (bicyclic) bond motifs is 5. The van der Waals surface area contributed by atoms with Crippen LogP contribution in [-0.4, -0.2) is 49.0 Å². The lowest BCUT2D eigenvalue weighted by Crippen LogP contribution is -2.54. The van der Waals surface area contributed by atoms with Crippen LogP contribution in [0.2, 0.25) is 0 Å². The summed E-state index contributed by atoms with van der Waals surface area (Å²) in [5, 5.41) is 10.3. The van der Waals surface area contributed by atoms with Gasteiger partial charge in [0.25, 0.3) is 0 Å². The predicted octanol–water partition coefficient (Wildman–Crippen LogP) is 6.84. The molecule has 1 aromatic rings. The topological polar surface area (TPSA) is 107 Å². The Kier molecular flexibility index (Phi) is 9.51. The van der Waals surface area contributed by atoms with Crippen molar-refractivity contribution in [2.24, 2.45) is 40.4 Å². The molecule has 0 amide bonds. The molecule has 248 valence electrons. The summed E-state index contributed by atoms with van der Waals surface area (Å²) in [6.07, 6.45) is 8.13. The Morgan fingerprint density at radius 1 is 0.956 bits per heavy atom. The van der Waals surface area contributed by atoms with Crippen LogP contribution in [0.4, 0.5) is 0 Å². The second-order valence-electron chi connectivity index (χ2n) is 15.0. The van der Waals surface area contributed by atoms with Crippen LogP contribution < -0.4 is 0 Å². The molecule has 0 bridgehead atoms. The molecule has 1 N–H and O–H groups in total. The molecule has 0 radical (unpaired) electrons. The largest absolute Gasteiger partial charge is 0.462 e. The zero-order valence-electron chi connectivity index (χ0n) is 28.0. The number of hydrogen-bond donors (Lipinski definition) is 1. The van der Waals surface area contributed by atoms with Crippen LogP contribution in [0, 0.1) is 40.4 Å². The number of sulfone groups is 1. The third-order valence-corrected chi connectivity index (χ3v) is 14.6. The van der Waals surface area contributed by atoms with Crippen LogP contribution in [0.15, 0.2) is 58.5 Å². The van der Waals surface area contributed by atoms with E-state index in [9.17, 15) is 23.1 Å². The smallest absolute Gasteiger partial charge is 0.302 e. The van der Waals surface area contributed by atoms with Crippen molar-refractivity contribution in [2.45, 2.75) is 122 Å². The van der Waals surface area contributed by atoms with E-state index in [0.717, 1.165) is 25.7 Å². The Hall–Kier alpha value is -2.45. The van der Waals surface area contributed by atoms with E-state index in [2.05, 4.69) is 32.9 Å². The first kappa shape index (κ1) is 33.9. The first-order chi connectivity index (χ1) is 21.1. The Morgan fingerprint density at radius 2 is 1.62 bits per heavy atom. The Balaban J connectivity index is 1.48. The van der Waals surface area contributed by atoms with Crippen molar-refractivity contribution in [3.63, 3.8) is 0 Å². The first-order valence-electron chi connectivity index (χ1n) is 16.8. The Bertz CT molecular complexity index is 1450. The lowest BCUT2D eigenvalue weighted by Gasteiger charge is -2.57. The molecular formula is C37H52O7S. The van der Waals surface area contributed by atoms with Crippen LogP contribution in [0.5, 0.6) is 0 Å². The number of ether oxygens (including phenoxy) is 2. The van der Waals surface area contributed by atoms with Gasteiger partial charge in [-0.1, -0.05) is 76.1 Å². The number of carbonyl (C=O) groups excluding carboxylic acids is 2. The number of aliphatic hydroxyl groups is 1. The molecule has 7 nitrogen and oxygen atoms in total. The van der Waals surface area contributed by atoms with Gasteiger partial charge >= 0.3 is 11.9 Å². The molecule has 5 rings (SSSR count). The van der Waals surface area contributed by atoms with E-state index in [-0.39, 0.29) is 59.5 Å². The predicted molar refractivity (Wildman–Crippen MR) is 174 cm³/mol. The number of benzene rings is 1. The maximum absolute atomic E-state index is 14.2. The van der Waals surface area contributed by atoms with Crippen molar-refractivity contribution < 1.29 is 32.6 Å². The molecule has 3 saturated carbocycles. The average Bonchev–Trinajstić information content (AvgIpc) is 3.33. The molecular weight excluding hydrogens is 588 g/mol. The number of hydrogen-bond acceptors (Lipinski definition) is 7. The molecule has 0 aromatic heterocycles. The van der Waals surface area contributed by atoms with Crippen molar-refractivity contribution in [1.29, 1.82) is 0 Å². The van der Waals surface area contributed by atoms with Crippen molar-refractivity contribution in [3.8, 4) is 0 Å². The molecule has 3 fully saturated rings. The molecule has 1 aromatic carbocycles. The van der Waals surface area contributed by atoms with Crippen molar-refractivity contribution in [1.82, 2.24) is 0 Å². The van der Waals surface area contributed by atoms with E-state index in [1.165, 1.54) is 25.0 Å². The lowest BCUT2D eigenvalue weighted by atomic mass is 9.49. The molecule has 0 spiro atoms. The van der Waals surface area contributed by atoms with Gasteiger partial charge in [-0.05, 0) is 79.2 Å². The van der Waals surface area contributed by atoms with Gasteiger partial charge in [0.2, 0.25) is 0 Å². The fraction of sp³-hybridized carbons (Fsp3) is 0.676. The number of allylic oxidation sites excluding steroid dienone is 3. The van der Waals surface area contributed by atoms with Crippen LogP contribution in [0.1, 0.15) is 93.4 Å². The van der Waals surface area contributed by atoms with Crippen LogP contribution in [0.25, 0.3) is 0 Å². The molecule has 2 unspecified atom stereocenters. The van der Waals surface area contributed by atoms with E-state index < -0.39 is 32.7 Å². The summed E-state index contributed by atoms with van der Waals surface area (Å²) in [4.78, 5) is 24.5. The quantitative estimate of drug-likeness (QED) is 0.295. The summed E-state index contributed by atoms with van der Waals surface area (Å²) >= 11 is 0. The molecule has 8 heteroatoms. The lowest BCUT2D eigenvalue weighted by molar-refractivity contribution is -0.165. The molecule has 0 heterocycles. The zero-order valence-corrected chi connectivity index (χ0v) is 28.8.